The van der Waals surface area contributed by atoms with Crippen molar-refractivity contribution in [3.63, 3.8) is 0 Å². The molecule has 2 heterocycles. The molecule has 0 aliphatic rings. The first-order valence-corrected chi connectivity index (χ1v) is 10.1. The Balaban J connectivity index is 1.41. The number of hydrogen-bond acceptors (Lipinski definition) is 6. The summed E-state index contributed by atoms with van der Waals surface area (Å²) in [6, 6.07) is 14.7. The smallest absolute Gasteiger partial charge is 0.300 e. The SMILES string of the molecule is COc1ccc(CNC(=O)CCc2nnc3c(=O)n(-c4ccc(OC)cc4)ccn23)cc1. The summed E-state index contributed by atoms with van der Waals surface area (Å²) < 4.78 is 13.4. The van der Waals surface area contributed by atoms with Crippen LogP contribution in [0.25, 0.3) is 11.3 Å². The zero-order valence-corrected chi connectivity index (χ0v) is 17.8. The molecule has 0 bridgehead atoms. The van der Waals surface area contributed by atoms with Gasteiger partial charge < -0.3 is 14.8 Å². The van der Waals surface area contributed by atoms with Crippen LogP contribution in [0.1, 0.15) is 17.8 Å². The number of nitrogens with zero attached hydrogens (tertiary/aromatic N) is 4. The van der Waals surface area contributed by atoms with Crippen LogP contribution < -0.4 is 20.3 Å². The van der Waals surface area contributed by atoms with E-state index in [0.29, 0.717) is 30.2 Å². The van der Waals surface area contributed by atoms with Gasteiger partial charge in [0.05, 0.1) is 14.2 Å². The zero-order chi connectivity index (χ0) is 22.5. The van der Waals surface area contributed by atoms with Crippen LogP contribution in [0.2, 0.25) is 0 Å². The average Bonchev–Trinajstić information content (AvgIpc) is 3.26. The second-order valence-electron chi connectivity index (χ2n) is 7.11. The standard InChI is InChI=1S/C23H23N5O4/c1-31-18-7-3-16(4-8-18)15-24-21(29)12-11-20-25-26-22-23(30)27(13-14-28(20)22)17-5-9-19(32-2)10-6-17/h3-10,13-14H,11-12,15H2,1-2H3,(H,24,29). The second-order valence-corrected chi connectivity index (χ2v) is 7.11. The molecule has 0 aliphatic carbocycles. The first-order chi connectivity index (χ1) is 15.6. The van der Waals surface area contributed by atoms with Crippen LogP contribution in [0.3, 0.4) is 0 Å². The van der Waals surface area contributed by atoms with Gasteiger partial charge in [-0.25, -0.2) is 0 Å². The molecule has 0 spiro atoms. The lowest BCUT2D eigenvalue weighted by Crippen LogP contribution is -2.23. The molecule has 0 saturated carbocycles. The van der Waals surface area contributed by atoms with Crippen LogP contribution in [0.4, 0.5) is 0 Å². The first-order valence-electron chi connectivity index (χ1n) is 10.1. The lowest BCUT2D eigenvalue weighted by atomic mass is 10.2. The van der Waals surface area contributed by atoms with Crippen LogP contribution >= 0.6 is 0 Å². The molecule has 2 aromatic heterocycles. The van der Waals surface area contributed by atoms with E-state index < -0.39 is 0 Å². The number of hydrogen-bond donors (Lipinski definition) is 1. The van der Waals surface area contributed by atoms with Gasteiger partial charge in [-0.3, -0.25) is 18.6 Å². The molecule has 1 N–H and O–H groups in total. The van der Waals surface area contributed by atoms with Crippen molar-refractivity contribution >= 4 is 11.6 Å². The van der Waals surface area contributed by atoms with E-state index in [1.165, 1.54) is 4.57 Å². The third-order valence-electron chi connectivity index (χ3n) is 5.12. The topological polar surface area (TPSA) is 99.8 Å². The Bertz CT molecular complexity index is 1280. The normalized spacial score (nSPS) is 10.8. The molecule has 0 saturated heterocycles. The minimum atomic E-state index is -0.291. The molecule has 9 heteroatoms. The quantitative estimate of drug-likeness (QED) is 0.457. The van der Waals surface area contributed by atoms with Crippen molar-refractivity contribution in [3.05, 3.63) is 82.7 Å². The maximum Gasteiger partial charge on any atom is 0.300 e. The summed E-state index contributed by atoms with van der Waals surface area (Å²) in [5, 5.41) is 11.0. The van der Waals surface area contributed by atoms with E-state index in [1.807, 2.05) is 24.3 Å². The van der Waals surface area contributed by atoms with E-state index in [2.05, 4.69) is 15.5 Å². The van der Waals surface area contributed by atoms with Crippen LogP contribution in [0.15, 0.2) is 65.7 Å². The lowest BCUT2D eigenvalue weighted by molar-refractivity contribution is -0.121. The minimum Gasteiger partial charge on any atom is -0.497 e. The number of methoxy groups -OCH3 is 2. The van der Waals surface area contributed by atoms with Crippen LogP contribution in [0, 0.1) is 0 Å². The van der Waals surface area contributed by atoms with Crippen molar-refractivity contribution in [2.24, 2.45) is 0 Å². The predicted octanol–water partition coefficient (Wildman–Crippen LogP) is 2.15. The highest BCUT2D eigenvalue weighted by Crippen LogP contribution is 2.14. The molecule has 0 aliphatic heterocycles. The Morgan fingerprint density at radius 1 is 0.938 bits per heavy atom. The summed E-state index contributed by atoms with van der Waals surface area (Å²) in [6.07, 6.45) is 3.99. The molecule has 0 unspecified atom stereocenters. The molecule has 2 aromatic carbocycles. The van der Waals surface area contributed by atoms with Crippen molar-refractivity contribution < 1.29 is 14.3 Å². The third-order valence-corrected chi connectivity index (χ3v) is 5.12. The number of aromatic nitrogens is 4. The molecule has 1 amide bonds. The number of carbonyl (C=O) groups excluding carboxylic acids is 1. The van der Waals surface area contributed by atoms with E-state index in [-0.39, 0.29) is 23.5 Å². The molecule has 9 nitrogen and oxygen atoms in total. The molecule has 0 fully saturated rings. The molecule has 32 heavy (non-hydrogen) atoms. The predicted molar refractivity (Wildman–Crippen MR) is 118 cm³/mol. The van der Waals surface area contributed by atoms with Gasteiger partial charge in [-0.2, -0.15) is 0 Å². The summed E-state index contributed by atoms with van der Waals surface area (Å²) >= 11 is 0. The van der Waals surface area contributed by atoms with Crippen molar-refractivity contribution in [2.45, 2.75) is 19.4 Å². The number of amides is 1. The highest BCUT2D eigenvalue weighted by Gasteiger charge is 2.13. The van der Waals surface area contributed by atoms with E-state index in [9.17, 15) is 9.59 Å². The van der Waals surface area contributed by atoms with Crippen molar-refractivity contribution in [2.75, 3.05) is 14.2 Å². The maximum absolute atomic E-state index is 12.9. The fraction of sp³-hybridized carbons (Fsp3) is 0.217. The Hall–Kier alpha value is -4.14. The maximum atomic E-state index is 12.9. The Morgan fingerprint density at radius 2 is 1.59 bits per heavy atom. The summed E-state index contributed by atoms with van der Waals surface area (Å²) in [6.45, 7) is 0.427. The summed E-state index contributed by atoms with van der Waals surface area (Å²) in [5.74, 6) is 1.92. The Kier molecular flexibility index (Phi) is 6.16. The third kappa shape index (κ3) is 4.46. The minimum absolute atomic E-state index is 0.107. The molecule has 0 radical (unpaired) electrons. The van der Waals surface area contributed by atoms with E-state index in [1.54, 1.807) is 55.3 Å². The van der Waals surface area contributed by atoms with Gasteiger partial charge >= 0.3 is 5.56 Å². The van der Waals surface area contributed by atoms with E-state index in [4.69, 9.17) is 9.47 Å². The van der Waals surface area contributed by atoms with Crippen LogP contribution in [-0.2, 0) is 17.8 Å². The molecule has 164 valence electrons. The van der Waals surface area contributed by atoms with Gasteiger partial charge in [0.25, 0.3) is 0 Å². The number of carbonyl (C=O) groups is 1. The van der Waals surface area contributed by atoms with Gasteiger partial charge in [-0.05, 0) is 42.0 Å². The fourth-order valence-corrected chi connectivity index (χ4v) is 3.31. The van der Waals surface area contributed by atoms with Crippen LogP contribution in [0.5, 0.6) is 11.5 Å². The van der Waals surface area contributed by atoms with Gasteiger partial charge in [0.15, 0.2) is 0 Å². The lowest BCUT2D eigenvalue weighted by Gasteiger charge is -2.08. The highest BCUT2D eigenvalue weighted by atomic mass is 16.5. The van der Waals surface area contributed by atoms with E-state index >= 15 is 0 Å². The monoisotopic (exact) mass is 433 g/mol. The molecule has 4 rings (SSSR count). The van der Waals surface area contributed by atoms with E-state index in [0.717, 1.165) is 11.3 Å². The Morgan fingerprint density at radius 3 is 2.25 bits per heavy atom. The second kappa shape index (κ2) is 9.34. The Labute approximate surface area is 184 Å². The summed E-state index contributed by atoms with van der Waals surface area (Å²) in [7, 11) is 3.20. The van der Waals surface area contributed by atoms with Crippen LogP contribution in [-0.4, -0.2) is 39.3 Å². The summed E-state index contributed by atoms with van der Waals surface area (Å²) in [4.78, 5) is 25.1. The van der Waals surface area contributed by atoms with Gasteiger partial charge in [-0.15, -0.1) is 10.2 Å². The van der Waals surface area contributed by atoms with Gasteiger partial charge in [0.2, 0.25) is 11.6 Å². The van der Waals surface area contributed by atoms with Gasteiger partial charge in [0, 0.05) is 37.5 Å². The fourth-order valence-electron chi connectivity index (χ4n) is 3.31. The molecular weight excluding hydrogens is 410 g/mol. The van der Waals surface area contributed by atoms with Crippen molar-refractivity contribution in [1.29, 1.82) is 0 Å². The molecule has 4 aromatic rings. The molecular formula is C23H23N5O4. The summed E-state index contributed by atoms with van der Waals surface area (Å²) in [5.41, 5.74) is 1.59. The van der Waals surface area contributed by atoms with Gasteiger partial charge in [0.1, 0.15) is 17.3 Å². The molecule has 0 atom stereocenters. The van der Waals surface area contributed by atoms with Crippen molar-refractivity contribution in [3.8, 4) is 17.2 Å². The van der Waals surface area contributed by atoms with Gasteiger partial charge in [-0.1, -0.05) is 12.1 Å². The first kappa shape index (κ1) is 21.1. The average molecular weight is 433 g/mol. The largest absolute Gasteiger partial charge is 0.497 e. The number of nitrogens with one attached hydrogen (secondary N) is 1. The highest BCUT2D eigenvalue weighted by molar-refractivity contribution is 5.76. The number of ether oxygens (including phenoxy) is 2. The number of benzene rings is 2. The zero-order valence-electron chi connectivity index (χ0n) is 17.8. The number of fused-ring (bicyclic) bond motifs is 1. The van der Waals surface area contributed by atoms with Crippen molar-refractivity contribution in [1.82, 2.24) is 24.5 Å². The number of rotatable bonds is 8. The number of aryl methyl sites for hydroxylation is 1.